The van der Waals surface area contributed by atoms with Gasteiger partial charge in [-0.2, -0.15) is 0 Å². The van der Waals surface area contributed by atoms with Crippen LogP contribution in [0.2, 0.25) is 0 Å². The molecule has 2 aromatic rings. The SMILES string of the molecule is COC(=O)CC(C)c1cc(C)c2ccccc2n1. The third-order valence-electron chi connectivity index (χ3n) is 3.15. The third-order valence-corrected chi connectivity index (χ3v) is 3.15. The van der Waals surface area contributed by atoms with Crippen LogP contribution in [-0.2, 0) is 9.53 Å². The van der Waals surface area contributed by atoms with Crippen LogP contribution in [-0.4, -0.2) is 18.1 Å². The highest BCUT2D eigenvalue weighted by molar-refractivity contribution is 5.82. The molecule has 0 N–H and O–H groups in total. The second kappa shape index (κ2) is 5.17. The number of hydrogen-bond donors (Lipinski definition) is 0. The average Bonchev–Trinajstić information content (AvgIpc) is 2.38. The number of aryl methyl sites for hydroxylation is 1. The lowest BCUT2D eigenvalue weighted by molar-refractivity contribution is -0.141. The Labute approximate surface area is 107 Å². The van der Waals surface area contributed by atoms with Gasteiger partial charge in [-0.3, -0.25) is 9.78 Å². The molecule has 0 aliphatic rings. The maximum Gasteiger partial charge on any atom is 0.306 e. The van der Waals surface area contributed by atoms with Crippen LogP contribution in [0.5, 0.6) is 0 Å². The summed E-state index contributed by atoms with van der Waals surface area (Å²) < 4.78 is 4.69. The number of carbonyl (C=O) groups is 1. The first-order valence-corrected chi connectivity index (χ1v) is 6.05. The molecule has 0 aliphatic carbocycles. The van der Waals surface area contributed by atoms with Gasteiger partial charge in [0, 0.05) is 17.0 Å². The molecule has 1 unspecified atom stereocenters. The lowest BCUT2D eigenvalue weighted by Gasteiger charge is -2.12. The molecule has 3 heteroatoms. The van der Waals surface area contributed by atoms with Crippen molar-refractivity contribution in [1.29, 1.82) is 0 Å². The van der Waals surface area contributed by atoms with Crippen LogP contribution in [0.4, 0.5) is 0 Å². The fourth-order valence-electron chi connectivity index (χ4n) is 2.07. The number of benzene rings is 1. The summed E-state index contributed by atoms with van der Waals surface area (Å²) >= 11 is 0. The summed E-state index contributed by atoms with van der Waals surface area (Å²) in [6.07, 6.45) is 0.362. The van der Waals surface area contributed by atoms with Crippen LogP contribution >= 0.6 is 0 Å². The van der Waals surface area contributed by atoms with Gasteiger partial charge in [0.1, 0.15) is 0 Å². The Morgan fingerprint density at radius 2 is 2.11 bits per heavy atom. The fraction of sp³-hybridized carbons (Fsp3) is 0.333. The van der Waals surface area contributed by atoms with Gasteiger partial charge in [-0.05, 0) is 24.6 Å². The quantitative estimate of drug-likeness (QED) is 0.777. The van der Waals surface area contributed by atoms with Gasteiger partial charge >= 0.3 is 5.97 Å². The Kier molecular flexibility index (Phi) is 3.60. The van der Waals surface area contributed by atoms with Gasteiger partial charge in [0.15, 0.2) is 0 Å². The van der Waals surface area contributed by atoms with Gasteiger partial charge in [0.05, 0.1) is 19.0 Å². The molecular formula is C15H17NO2. The van der Waals surface area contributed by atoms with Gasteiger partial charge in [0.2, 0.25) is 0 Å². The second-order valence-electron chi connectivity index (χ2n) is 4.56. The van der Waals surface area contributed by atoms with Gasteiger partial charge in [0.25, 0.3) is 0 Å². The zero-order chi connectivity index (χ0) is 13.1. The molecule has 0 fully saturated rings. The van der Waals surface area contributed by atoms with E-state index in [0.29, 0.717) is 6.42 Å². The van der Waals surface area contributed by atoms with Crippen molar-refractivity contribution in [3.05, 3.63) is 41.6 Å². The summed E-state index contributed by atoms with van der Waals surface area (Å²) in [6.45, 7) is 4.06. The Balaban J connectivity index is 2.37. The monoisotopic (exact) mass is 243 g/mol. The van der Waals surface area contributed by atoms with Crippen molar-refractivity contribution in [2.75, 3.05) is 7.11 Å². The lowest BCUT2D eigenvalue weighted by atomic mass is 10.00. The van der Waals surface area contributed by atoms with E-state index in [1.54, 1.807) is 0 Å². The Hall–Kier alpha value is -1.90. The fourth-order valence-corrected chi connectivity index (χ4v) is 2.07. The van der Waals surface area contributed by atoms with Crippen LogP contribution in [0, 0.1) is 6.92 Å². The predicted molar refractivity (Wildman–Crippen MR) is 71.5 cm³/mol. The zero-order valence-electron chi connectivity index (χ0n) is 10.9. The minimum Gasteiger partial charge on any atom is -0.469 e. The molecule has 0 saturated carbocycles. The topological polar surface area (TPSA) is 39.2 Å². The Bertz CT molecular complexity index is 578. The molecule has 0 saturated heterocycles. The standard InChI is InChI=1S/C15H17NO2/c1-10-8-14(11(2)9-15(17)18-3)16-13-7-5-4-6-12(10)13/h4-8,11H,9H2,1-3H3. The maximum atomic E-state index is 11.3. The van der Waals surface area contributed by atoms with Crippen LogP contribution in [0.3, 0.4) is 0 Å². The van der Waals surface area contributed by atoms with Crippen LogP contribution in [0.15, 0.2) is 30.3 Å². The van der Waals surface area contributed by atoms with Crippen molar-refractivity contribution in [3.63, 3.8) is 0 Å². The lowest BCUT2D eigenvalue weighted by Crippen LogP contribution is -2.07. The molecule has 1 atom stereocenters. The highest BCUT2D eigenvalue weighted by Gasteiger charge is 2.14. The van der Waals surface area contributed by atoms with E-state index >= 15 is 0 Å². The maximum absolute atomic E-state index is 11.3. The van der Waals surface area contributed by atoms with E-state index in [1.807, 2.05) is 25.1 Å². The first-order chi connectivity index (χ1) is 8.61. The number of para-hydroxylation sites is 1. The number of ether oxygens (including phenoxy) is 1. The third kappa shape index (κ3) is 2.50. The number of hydrogen-bond acceptors (Lipinski definition) is 3. The van der Waals surface area contributed by atoms with E-state index in [9.17, 15) is 4.79 Å². The number of methoxy groups -OCH3 is 1. The molecule has 0 aliphatic heterocycles. The number of carbonyl (C=O) groups excluding carboxylic acids is 1. The Morgan fingerprint density at radius 3 is 2.83 bits per heavy atom. The molecule has 3 nitrogen and oxygen atoms in total. The molecule has 0 spiro atoms. The molecule has 1 aromatic carbocycles. The molecule has 18 heavy (non-hydrogen) atoms. The minimum absolute atomic E-state index is 0.0701. The number of pyridine rings is 1. The van der Waals surface area contributed by atoms with E-state index in [1.165, 1.54) is 12.7 Å². The van der Waals surface area contributed by atoms with Crippen LogP contribution in [0.25, 0.3) is 10.9 Å². The van der Waals surface area contributed by atoms with Crippen LogP contribution in [0.1, 0.15) is 30.5 Å². The first kappa shape index (κ1) is 12.6. The summed E-state index contributed by atoms with van der Waals surface area (Å²) in [7, 11) is 1.41. The van der Waals surface area contributed by atoms with Crippen molar-refractivity contribution in [1.82, 2.24) is 4.98 Å². The molecule has 2 rings (SSSR count). The molecule has 0 amide bonds. The van der Waals surface area contributed by atoms with Crippen molar-refractivity contribution in [2.45, 2.75) is 26.2 Å². The van der Waals surface area contributed by atoms with Crippen LogP contribution < -0.4 is 0 Å². The highest BCUT2D eigenvalue weighted by Crippen LogP contribution is 2.23. The predicted octanol–water partition coefficient (Wildman–Crippen LogP) is 3.21. The van der Waals surface area contributed by atoms with Gasteiger partial charge in [-0.25, -0.2) is 0 Å². The minimum atomic E-state index is -0.199. The Morgan fingerprint density at radius 1 is 1.39 bits per heavy atom. The number of esters is 1. The van der Waals surface area contributed by atoms with Gasteiger partial charge < -0.3 is 4.74 Å². The highest BCUT2D eigenvalue weighted by atomic mass is 16.5. The molecular weight excluding hydrogens is 226 g/mol. The number of aromatic nitrogens is 1. The van der Waals surface area contributed by atoms with Gasteiger partial charge in [-0.15, -0.1) is 0 Å². The van der Waals surface area contributed by atoms with Crippen molar-refractivity contribution < 1.29 is 9.53 Å². The van der Waals surface area contributed by atoms with Crippen molar-refractivity contribution >= 4 is 16.9 Å². The number of nitrogens with zero attached hydrogens (tertiary/aromatic N) is 1. The summed E-state index contributed by atoms with van der Waals surface area (Å²) in [4.78, 5) is 15.9. The number of rotatable bonds is 3. The van der Waals surface area contributed by atoms with Crippen molar-refractivity contribution in [3.8, 4) is 0 Å². The smallest absolute Gasteiger partial charge is 0.306 e. The average molecular weight is 243 g/mol. The molecule has 1 heterocycles. The normalized spacial score (nSPS) is 12.4. The zero-order valence-corrected chi connectivity index (χ0v) is 10.9. The first-order valence-electron chi connectivity index (χ1n) is 6.05. The summed E-state index contributed by atoms with van der Waals surface area (Å²) in [6, 6.07) is 10.1. The van der Waals surface area contributed by atoms with Gasteiger partial charge in [-0.1, -0.05) is 25.1 Å². The van der Waals surface area contributed by atoms with E-state index in [4.69, 9.17) is 4.74 Å². The largest absolute Gasteiger partial charge is 0.469 e. The summed E-state index contributed by atoms with van der Waals surface area (Å²) in [5, 5.41) is 1.16. The molecule has 1 aromatic heterocycles. The van der Waals surface area contributed by atoms with E-state index in [2.05, 4.69) is 24.0 Å². The van der Waals surface area contributed by atoms with E-state index in [-0.39, 0.29) is 11.9 Å². The van der Waals surface area contributed by atoms with E-state index < -0.39 is 0 Å². The molecule has 0 bridgehead atoms. The van der Waals surface area contributed by atoms with Crippen molar-refractivity contribution in [2.24, 2.45) is 0 Å². The molecule has 94 valence electrons. The number of fused-ring (bicyclic) bond motifs is 1. The summed E-state index contributed by atoms with van der Waals surface area (Å²) in [5.41, 5.74) is 3.10. The molecule has 0 radical (unpaired) electrons. The summed E-state index contributed by atoms with van der Waals surface area (Å²) in [5.74, 6) is -0.129. The second-order valence-corrected chi connectivity index (χ2v) is 4.56. The van der Waals surface area contributed by atoms with E-state index in [0.717, 1.165) is 16.6 Å².